The Labute approximate surface area is 79.9 Å². The summed E-state index contributed by atoms with van der Waals surface area (Å²) in [7, 11) is 0. The zero-order chi connectivity index (χ0) is 9.84. The first-order chi connectivity index (χ1) is 6.09. The number of carboxylic acids is 1. The van der Waals surface area contributed by atoms with Gasteiger partial charge in [-0.2, -0.15) is 0 Å². The molecule has 5 heteroatoms. The van der Waals surface area contributed by atoms with E-state index < -0.39 is 5.97 Å². The Hall–Kier alpha value is -1.42. The predicted octanol–water partition coefficient (Wildman–Crippen LogP) is 1.39. The van der Waals surface area contributed by atoms with E-state index in [4.69, 9.17) is 27.2 Å². The van der Waals surface area contributed by atoms with Gasteiger partial charge in [0.15, 0.2) is 6.61 Å². The highest BCUT2D eigenvalue weighted by molar-refractivity contribution is 6.33. The number of rotatable bonds is 3. The minimum Gasteiger partial charge on any atom is -0.482 e. The van der Waals surface area contributed by atoms with Crippen molar-refractivity contribution in [1.29, 1.82) is 0 Å². The van der Waals surface area contributed by atoms with Crippen molar-refractivity contribution in [2.75, 3.05) is 12.3 Å². The molecule has 0 fully saturated rings. The third-order valence-corrected chi connectivity index (χ3v) is 1.67. The molecule has 70 valence electrons. The number of nitrogens with two attached hydrogens (primary N) is 1. The molecule has 1 aromatic rings. The quantitative estimate of drug-likeness (QED) is 0.725. The number of carbonyl (C=O) groups is 1. The van der Waals surface area contributed by atoms with Crippen LogP contribution in [0.15, 0.2) is 18.2 Å². The van der Waals surface area contributed by atoms with Crippen LogP contribution in [0.3, 0.4) is 0 Å². The van der Waals surface area contributed by atoms with Crippen molar-refractivity contribution >= 4 is 23.3 Å². The van der Waals surface area contributed by atoms with Crippen molar-refractivity contribution in [2.45, 2.75) is 0 Å². The molecule has 3 N–H and O–H groups in total. The molecule has 0 aromatic heterocycles. The summed E-state index contributed by atoms with van der Waals surface area (Å²) in [6, 6.07) is 4.58. The van der Waals surface area contributed by atoms with Gasteiger partial charge in [0, 0.05) is 6.07 Å². The van der Waals surface area contributed by atoms with Crippen molar-refractivity contribution in [3.05, 3.63) is 23.2 Å². The third-order valence-electron chi connectivity index (χ3n) is 1.33. The summed E-state index contributed by atoms with van der Waals surface area (Å²) < 4.78 is 4.87. The Kier molecular flexibility index (Phi) is 2.97. The minimum atomic E-state index is -1.03. The SMILES string of the molecule is Nc1cc(OCC(=O)O)ccc1Cl. The fourth-order valence-electron chi connectivity index (χ4n) is 0.757. The molecule has 1 aromatic carbocycles. The van der Waals surface area contributed by atoms with Gasteiger partial charge >= 0.3 is 5.97 Å². The van der Waals surface area contributed by atoms with Crippen LogP contribution in [0.4, 0.5) is 5.69 Å². The van der Waals surface area contributed by atoms with E-state index in [1.54, 1.807) is 12.1 Å². The summed E-state index contributed by atoms with van der Waals surface area (Å²) in [5.74, 6) is -0.641. The van der Waals surface area contributed by atoms with Crippen LogP contribution in [0.5, 0.6) is 5.75 Å². The van der Waals surface area contributed by atoms with Crippen molar-refractivity contribution in [3.63, 3.8) is 0 Å². The molecule has 0 aliphatic rings. The average Bonchev–Trinajstić information content (AvgIpc) is 2.07. The fourth-order valence-corrected chi connectivity index (χ4v) is 0.874. The third kappa shape index (κ3) is 2.83. The summed E-state index contributed by atoms with van der Waals surface area (Å²) in [5, 5.41) is 8.74. The van der Waals surface area contributed by atoms with Crippen LogP contribution in [0, 0.1) is 0 Å². The molecule has 0 radical (unpaired) electrons. The van der Waals surface area contributed by atoms with Crippen molar-refractivity contribution in [3.8, 4) is 5.75 Å². The molecule has 0 saturated carbocycles. The van der Waals surface area contributed by atoms with Crippen LogP contribution in [0.25, 0.3) is 0 Å². The first-order valence-corrected chi connectivity index (χ1v) is 3.87. The second kappa shape index (κ2) is 4.00. The Morgan fingerprint density at radius 2 is 2.31 bits per heavy atom. The molecular weight excluding hydrogens is 194 g/mol. The number of hydrogen-bond acceptors (Lipinski definition) is 3. The Morgan fingerprint density at radius 1 is 1.62 bits per heavy atom. The lowest BCUT2D eigenvalue weighted by atomic mass is 10.3. The van der Waals surface area contributed by atoms with Gasteiger partial charge in [-0.25, -0.2) is 4.79 Å². The van der Waals surface area contributed by atoms with Gasteiger partial charge in [-0.1, -0.05) is 11.6 Å². The van der Waals surface area contributed by atoms with Crippen molar-refractivity contribution < 1.29 is 14.6 Å². The second-order valence-corrected chi connectivity index (χ2v) is 2.77. The van der Waals surface area contributed by atoms with Gasteiger partial charge < -0.3 is 15.6 Å². The van der Waals surface area contributed by atoms with E-state index in [9.17, 15) is 4.79 Å². The van der Waals surface area contributed by atoms with Crippen LogP contribution in [-0.4, -0.2) is 17.7 Å². The highest BCUT2D eigenvalue weighted by Crippen LogP contribution is 2.23. The minimum absolute atomic E-state index is 0.365. The lowest BCUT2D eigenvalue weighted by Gasteiger charge is -2.04. The van der Waals surface area contributed by atoms with Gasteiger partial charge in [0.25, 0.3) is 0 Å². The number of carboxylic acid groups (broad SMARTS) is 1. The topological polar surface area (TPSA) is 72.5 Å². The van der Waals surface area contributed by atoms with Crippen LogP contribution >= 0.6 is 11.6 Å². The molecule has 0 aliphatic heterocycles. The lowest BCUT2D eigenvalue weighted by molar-refractivity contribution is -0.139. The monoisotopic (exact) mass is 201 g/mol. The highest BCUT2D eigenvalue weighted by Gasteiger charge is 2.01. The van der Waals surface area contributed by atoms with Crippen molar-refractivity contribution in [2.24, 2.45) is 0 Å². The molecular formula is C8H8ClNO3. The molecule has 0 saturated heterocycles. The number of benzene rings is 1. The number of halogens is 1. The number of aliphatic carboxylic acids is 1. The number of hydrogen-bond donors (Lipinski definition) is 2. The van der Waals surface area contributed by atoms with Gasteiger partial charge in [0.2, 0.25) is 0 Å². The van der Waals surface area contributed by atoms with E-state index >= 15 is 0 Å². The molecule has 1 rings (SSSR count). The Bertz CT molecular complexity index is 327. The normalized spacial score (nSPS) is 9.62. The molecule has 0 atom stereocenters. The van der Waals surface area contributed by atoms with Crippen LogP contribution in [0.1, 0.15) is 0 Å². The van der Waals surface area contributed by atoms with Gasteiger partial charge in [0.05, 0.1) is 10.7 Å². The first kappa shape index (κ1) is 9.67. The van der Waals surface area contributed by atoms with Gasteiger partial charge in [-0.15, -0.1) is 0 Å². The molecule has 0 amide bonds. The molecule has 0 unspecified atom stereocenters. The fraction of sp³-hybridized carbons (Fsp3) is 0.125. The van der Waals surface area contributed by atoms with Crippen LogP contribution < -0.4 is 10.5 Å². The van der Waals surface area contributed by atoms with Crippen LogP contribution in [0.2, 0.25) is 5.02 Å². The van der Waals surface area contributed by atoms with E-state index in [0.717, 1.165) is 0 Å². The zero-order valence-electron chi connectivity index (χ0n) is 6.66. The Balaban J connectivity index is 2.68. The summed E-state index contributed by atoms with van der Waals surface area (Å²) in [6.45, 7) is -0.388. The van der Waals surface area contributed by atoms with Gasteiger partial charge in [-0.3, -0.25) is 0 Å². The zero-order valence-corrected chi connectivity index (χ0v) is 7.41. The van der Waals surface area contributed by atoms with Crippen LogP contribution in [-0.2, 0) is 4.79 Å². The maximum atomic E-state index is 10.1. The number of anilines is 1. The first-order valence-electron chi connectivity index (χ1n) is 3.49. The maximum Gasteiger partial charge on any atom is 0.341 e. The van der Waals surface area contributed by atoms with E-state index in [-0.39, 0.29) is 6.61 Å². The maximum absolute atomic E-state index is 10.1. The second-order valence-electron chi connectivity index (χ2n) is 2.37. The molecule has 4 nitrogen and oxygen atoms in total. The lowest BCUT2D eigenvalue weighted by Crippen LogP contribution is -2.09. The smallest absolute Gasteiger partial charge is 0.341 e. The molecule has 13 heavy (non-hydrogen) atoms. The summed E-state index contributed by atoms with van der Waals surface area (Å²) in [6.07, 6.45) is 0. The van der Waals surface area contributed by atoms with Gasteiger partial charge in [0.1, 0.15) is 5.75 Å². The molecule has 0 heterocycles. The number of nitrogen functional groups attached to an aromatic ring is 1. The van der Waals surface area contributed by atoms with E-state index in [2.05, 4.69) is 0 Å². The van der Waals surface area contributed by atoms with E-state index in [1.807, 2.05) is 0 Å². The molecule has 0 bridgehead atoms. The van der Waals surface area contributed by atoms with E-state index in [0.29, 0.717) is 16.5 Å². The van der Waals surface area contributed by atoms with Gasteiger partial charge in [-0.05, 0) is 12.1 Å². The van der Waals surface area contributed by atoms with E-state index in [1.165, 1.54) is 6.07 Å². The predicted molar refractivity (Wildman–Crippen MR) is 49.0 cm³/mol. The summed E-state index contributed by atoms with van der Waals surface area (Å²) >= 11 is 5.65. The highest BCUT2D eigenvalue weighted by atomic mass is 35.5. The number of ether oxygens (including phenoxy) is 1. The van der Waals surface area contributed by atoms with Crippen molar-refractivity contribution in [1.82, 2.24) is 0 Å². The Morgan fingerprint density at radius 3 is 2.85 bits per heavy atom. The largest absolute Gasteiger partial charge is 0.482 e. The standard InChI is InChI=1S/C8H8ClNO3/c9-6-2-1-5(3-7(6)10)13-4-8(11)12/h1-3H,4,10H2,(H,11,12). The summed E-state index contributed by atoms with van der Waals surface area (Å²) in [4.78, 5) is 10.1. The molecule has 0 aliphatic carbocycles. The summed E-state index contributed by atoms with van der Waals surface area (Å²) in [5.41, 5.74) is 5.83. The molecule has 0 spiro atoms. The average molecular weight is 202 g/mol.